The first kappa shape index (κ1) is 26.7. The zero-order valence-corrected chi connectivity index (χ0v) is 22.8. The van der Waals surface area contributed by atoms with E-state index in [4.69, 9.17) is 9.47 Å². The molecule has 2 aromatic carbocycles. The van der Waals surface area contributed by atoms with Crippen molar-refractivity contribution in [3.05, 3.63) is 65.7 Å². The Balaban J connectivity index is 1.37. The highest BCUT2D eigenvalue weighted by molar-refractivity contribution is 5.70. The fourth-order valence-corrected chi connectivity index (χ4v) is 5.98. The number of hydrogen-bond acceptors (Lipinski definition) is 4. The van der Waals surface area contributed by atoms with Crippen molar-refractivity contribution >= 4 is 5.97 Å². The van der Waals surface area contributed by atoms with Crippen molar-refractivity contribution in [1.29, 1.82) is 0 Å². The van der Waals surface area contributed by atoms with Gasteiger partial charge in [0.1, 0.15) is 17.0 Å². The molecular weight excluding hydrogens is 446 g/mol. The first-order valence-corrected chi connectivity index (χ1v) is 14.0. The van der Waals surface area contributed by atoms with Crippen LogP contribution in [0.15, 0.2) is 54.6 Å². The summed E-state index contributed by atoms with van der Waals surface area (Å²) < 4.78 is 12.2. The standard InChI is InChI=1S/C32H45NO3/c1-31(2,3)36-30(34)21-24-33-22-19-26(20-23-33)25-15-17-28(18-16-25)32(4,27-11-7-5-8-12-27)35-29-13-9-6-10-14-29/h6,9-10,13-18,26-27H,5,7-8,11-12,19-24H2,1-4H3. The Morgan fingerprint density at radius 1 is 0.861 bits per heavy atom. The summed E-state index contributed by atoms with van der Waals surface area (Å²) in [5, 5.41) is 0. The summed E-state index contributed by atoms with van der Waals surface area (Å²) in [5.41, 5.74) is 1.99. The van der Waals surface area contributed by atoms with E-state index >= 15 is 0 Å². The molecular formula is C32H45NO3. The normalized spacial score (nSPS) is 20.0. The molecule has 1 unspecified atom stereocenters. The van der Waals surface area contributed by atoms with Gasteiger partial charge in [0, 0.05) is 12.5 Å². The number of likely N-dealkylation sites (tertiary alicyclic amines) is 1. The van der Waals surface area contributed by atoms with Gasteiger partial charge in [0.25, 0.3) is 0 Å². The van der Waals surface area contributed by atoms with Crippen molar-refractivity contribution in [2.75, 3.05) is 19.6 Å². The second-order valence-electron chi connectivity index (χ2n) is 11.9. The topological polar surface area (TPSA) is 38.8 Å². The Morgan fingerprint density at radius 2 is 1.50 bits per heavy atom. The zero-order valence-electron chi connectivity index (χ0n) is 22.8. The van der Waals surface area contributed by atoms with Crippen molar-refractivity contribution in [3.63, 3.8) is 0 Å². The fourth-order valence-electron chi connectivity index (χ4n) is 5.98. The highest BCUT2D eigenvalue weighted by atomic mass is 16.6. The van der Waals surface area contributed by atoms with Crippen LogP contribution in [0, 0.1) is 5.92 Å². The molecule has 1 atom stereocenters. The lowest BCUT2D eigenvalue weighted by Gasteiger charge is -2.41. The van der Waals surface area contributed by atoms with Gasteiger partial charge in [0.05, 0.1) is 6.42 Å². The van der Waals surface area contributed by atoms with Gasteiger partial charge in [-0.25, -0.2) is 0 Å². The Bertz CT molecular complexity index is 951. The minimum absolute atomic E-state index is 0.0982. The van der Waals surface area contributed by atoms with Gasteiger partial charge in [-0.15, -0.1) is 0 Å². The number of carbonyl (C=O) groups is 1. The van der Waals surface area contributed by atoms with Crippen molar-refractivity contribution < 1.29 is 14.3 Å². The van der Waals surface area contributed by atoms with E-state index in [2.05, 4.69) is 60.4 Å². The highest BCUT2D eigenvalue weighted by Crippen LogP contribution is 2.43. The lowest BCUT2D eigenvalue weighted by Crippen LogP contribution is -2.39. The fraction of sp³-hybridized carbons (Fsp3) is 0.594. The molecule has 0 bridgehead atoms. The number of para-hydroxylation sites is 1. The van der Waals surface area contributed by atoms with Crippen LogP contribution in [-0.2, 0) is 15.1 Å². The maximum Gasteiger partial charge on any atom is 0.307 e. The number of piperidine rings is 1. The quantitative estimate of drug-likeness (QED) is 0.359. The summed E-state index contributed by atoms with van der Waals surface area (Å²) in [6, 6.07) is 19.6. The summed E-state index contributed by atoms with van der Waals surface area (Å²) >= 11 is 0. The van der Waals surface area contributed by atoms with Gasteiger partial charge in [-0.3, -0.25) is 4.79 Å². The predicted octanol–water partition coefficient (Wildman–Crippen LogP) is 7.47. The third-order valence-electron chi connectivity index (χ3n) is 8.05. The average Bonchev–Trinajstić information content (AvgIpc) is 2.88. The lowest BCUT2D eigenvalue weighted by atomic mass is 9.74. The minimum Gasteiger partial charge on any atom is -0.483 e. The van der Waals surface area contributed by atoms with Crippen LogP contribution in [0.1, 0.15) is 96.1 Å². The summed E-state index contributed by atoms with van der Waals surface area (Å²) in [6.45, 7) is 10.9. The molecule has 0 amide bonds. The van der Waals surface area contributed by atoms with Crippen LogP contribution in [0.5, 0.6) is 5.75 Å². The van der Waals surface area contributed by atoms with E-state index in [0.717, 1.165) is 38.2 Å². The van der Waals surface area contributed by atoms with Crippen LogP contribution in [-0.4, -0.2) is 36.1 Å². The lowest BCUT2D eigenvalue weighted by molar-refractivity contribution is -0.155. The number of esters is 1. The van der Waals surface area contributed by atoms with Gasteiger partial charge in [-0.05, 0) is 95.6 Å². The molecule has 2 aliphatic rings. The van der Waals surface area contributed by atoms with Crippen molar-refractivity contribution in [2.45, 2.75) is 96.2 Å². The Labute approximate surface area is 218 Å². The van der Waals surface area contributed by atoms with Gasteiger partial charge >= 0.3 is 5.97 Å². The van der Waals surface area contributed by atoms with Crippen LogP contribution in [0.2, 0.25) is 0 Å². The molecule has 196 valence electrons. The van der Waals surface area contributed by atoms with Crippen molar-refractivity contribution in [2.24, 2.45) is 5.92 Å². The second-order valence-corrected chi connectivity index (χ2v) is 11.9. The van der Waals surface area contributed by atoms with Gasteiger partial charge in [-0.1, -0.05) is 61.7 Å². The maximum absolute atomic E-state index is 12.1. The van der Waals surface area contributed by atoms with E-state index in [1.807, 2.05) is 26.8 Å². The van der Waals surface area contributed by atoms with Crippen LogP contribution in [0.4, 0.5) is 0 Å². The number of carbonyl (C=O) groups excluding carboxylic acids is 1. The molecule has 1 aliphatic carbocycles. The largest absolute Gasteiger partial charge is 0.483 e. The molecule has 1 saturated heterocycles. The van der Waals surface area contributed by atoms with Gasteiger partial charge in [0.2, 0.25) is 0 Å². The molecule has 1 heterocycles. The molecule has 1 saturated carbocycles. The van der Waals surface area contributed by atoms with Crippen molar-refractivity contribution in [3.8, 4) is 5.75 Å². The molecule has 0 N–H and O–H groups in total. The number of hydrogen-bond donors (Lipinski definition) is 0. The molecule has 4 heteroatoms. The maximum atomic E-state index is 12.1. The van der Waals surface area contributed by atoms with Gasteiger partial charge in [0.15, 0.2) is 0 Å². The molecule has 1 aliphatic heterocycles. The van der Waals surface area contributed by atoms with Crippen molar-refractivity contribution in [1.82, 2.24) is 4.90 Å². The first-order chi connectivity index (χ1) is 17.2. The number of benzene rings is 2. The third kappa shape index (κ3) is 7.12. The molecule has 2 fully saturated rings. The first-order valence-electron chi connectivity index (χ1n) is 14.0. The Kier molecular flexibility index (Phi) is 8.77. The molecule has 0 spiro atoms. The van der Waals surface area contributed by atoms with Crippen LogP contribution < -0.4 is 4.74 Å². The van der Waals surface area contributed by atoms with E-state index in [9.17, 15) is 4.79 Å². The third-order valence-corrected chi connectivity index (χ3v) is 8.05. The number of rotatable bonds is 8. The second kappa shape index (κ2) is 11.8. The van der Waals surface area contributed by atoms with E-state index in [-0.39, 0.29) is 11.6 Å². The molecule has 0 aromatic heterocycles. The number of ether oxygens (including phenoxy) is 2. The smallest absolute Gasteiger partial charge is 0.307 e. The molecule has 0 radical (unpaired) electrons. The number of nitrogens with zero attached hydrogens (tertiary/aromatic N) is 1. The van der Waals surface area contributed by atoms with E-state index < -0.39 is 5.60 Å². The van der Waals surface area contributed by atoms with E-state index in [1.54, 1.807) is 0 Å². The molecule has 4 rings (SSSR count). The monoisotopic (exact) mass is 491 g/mol. The highest BCUT2D eigenvalue weighted by Gasteiger charge is 2.39. The Morgan fingerprint density at radius 3 is 2.11 bits per heavy atom. The van der Waals surface area contributed by atoms with Crippen LogP contribution in [0.25, 0.3) is 0 Å². The van der Waals surface area contributed by atoms with Gasteiger partial charge in [-0.2, -0.15) is 0 Å². The van der Waals surface area contributed by atoms with Crippen LogP contribution in [0.3, 0.4) is 0 Å². The molecule has 36 heavy (non-hydrogen) atoms. The summed E-state index contributed by atoms with van der Waals surface area (Å²) in [6.07, 6.45) is 9.12. The Hall–Kier alpha value is -2.33. The predicted molar refractivity (Wildman–Crippen MR) is 146 cm³/mol. The summed E-state index contributed by atoms with van der Waals surface area (Å²) in [4.78, 5) is 14.5. The van der Waals surface area contributed by atoms with E-state index in [0.29, 0.717) is 18.3 Å². The summed E-state index contributed by atoms with van der Waals surface area (Å²) in [5.74, 6) is 1.96. The van der Waals surface area contributed by atoms with Gasteiger partial charge < -0.3 is 14.4 Å². The zero-order chi connectivity index (χ0) is 25.6. The minimum atomic E-state index is -0.407. The molecule has 2 aromatic rings. The SMILES string of the molecule is CC(C)(C)OC(=O)CCN1CCC(c2ccc(C(C)(Oc3ccccc3)C3CCCCC3)cc2)CC1. The average molecular weight is 492 g/mol. The molecule has 4 nitrogen and oxygen atoms in total. The van der Waals surface area contributed by atoms with E-state index in [1.165, 1.54) is 43.2 Å². The van der Waals surface area contributed by atoms with Crippen LogP contribution >= 0.6 is 0 Å². The summed E-state index contributed by atoms with van der Waals surface area (Å²) in [7, 11) is 0.